The fourth-order valence-electron chi connectivity index (χ4n) is 1.27. The Morgan fingerprint density at radius 3 is 2.94 bits per heavy atom. The second kappa shape index (κ2) is 8.05. The van der Waals surface area contributed by atoms with Gasteiger partial charge in [0.1, 0.15) is 6.04 Å². The third-order valence-corrected chi connectivity index (χ3v) is 2.09. The smallest absolute Gasteiger partial charge is 0.239 e. The van der Waals surface area contributed by atoms with Crippen LogP contribution in [0.5, 0.6) is 0 Å². The van der Waals surface area contributed by atoms with E-state index in [-0.39, 0.29) is 24.9 Å². The molecule has 0 bridgehead atoms. The summed E-state index contributed by atoms with van der Waals surface area (Å²) in [4.78, 5) is 11.4. The van der Waals surface area contributed by atoms with Gasteiger partial charge in [-0.1, -0.05) is 0 Å². The van der Waals surface area contributed by atoms with Crippen LogP contribution in [0.3, 0.4) is 0 Å². The first-order valence-corrected chi connectivity index (χ1v) is 5.14. The van der Waals surface area contributed by atoms with Gasteiger partial charge < -0.3 is 15.8 Å². The van der Waals surface area contributed by atoms with Crippen LogP contribution in [0.15, 0.2) is 12.4 Å². The molecule has 1 rings (SSSR count). The number of carbonyl (C=O) groups is 1. The highest BCUT2D eigenvalue weighted by Crippen LogP contribution is 1.92. The molecule has 0 fully saturated rings. The molecule has 1 atom stereocenters. The molecule has 1 aromatic heterocycles. The van der Waals surface area contributed by atoms with Crippen molar-refractivity contribution in [3.63, 3.8) is 0 Å². The normalized spacial score (nSPS) is 11.7. The standard InChI is InChI=1S/C10H18N4O2.ClH/c1-8-5-13-14(6-8)4-3-12-10(15)9(11)7-16-2;/h5-6,9H,3-4,7,11H2,1-2H3,(H,12,15);1H. The van der Waals surface area contributed by atoms with Gasteiger partial charge in [0.05, 0.1) is 19.3 Å². The molecule has 1 unspecified atom stereocenters. The number of hydrogen-bond donors (Lipinski definition) is 2. The Hall–Kier alpha value is -1.11. The van der Waals surface area contributed by atoms with Gasteiger partial charge in [-0.2, -0.15) is 5.10 Å². The van der Waals surface area contributed by atoms with Crippen molar-refractivity contribution in [1.82, 2.24) is 15.1 Å². The van der Waals surface area contributed by atoms with Crippen LogP contribution in [0.4, 0.5) is 0 Å². The van der Waals surface area contributed by atoms with E-state index < -0.39 is 6.04 Å². The first-order chi connectivity index (χ1) is 7.63. The summed E-state index contributed by atoms with van der Waals surface area (Å²) in [5, 5.41) is 6.82. The molecule has 0 aromatic carbocycles. The molecule has 17 heavy (non-hydrogen) atoms. The van der Waals surface area contributed by atoms with E-state index >= 15 is 0 Å². The maximum absolute atomic E-state index is 11.4. The zero-order chi connectivity index (χ0) is 12.0. The summed E-state index contributed by atoms with van der Waals surface area (Å²) in [5.74, 6) is -0.203. The zero-order valence-electron chi connectivity index (χ0n) is 10.0. The average Bonchev–Trinajstić information content (AvgIpc) is 2.64. The number of nitrogens with one attached hydrogen (secondary N) is 1. The number of amides is 1. The molecule has 98 valence electrons. The number of aryl methyl sites for hydroxylation is 1. The number of aromatic nitrogens is 2. The lowest BCUT2D eigenvalue weighted by Crippen LogP contribution is -2.44. The van der Waals surface area contributed by atoms with Crippen molar-refractivity contribution in [3.8, 4) is 0 Å². The zero-order valence-corrected chi connectivity index (χ0v) is 10.9. The predicted molar refractivity (Wildman–Crippen MR) is 67.1 cm³/mol. The molecule has 1 amide bonds. The number of carbonyl (C=O) groups excluding carboxylic acids is 1. The summed E-state index contributed by atoms with van der Waals surface area (Å²) in [5.41, 5.74) is 6.65. The number of halogens is 1. The van der Waals surface area contributed by atoms with Crippen LogP contribution in [0.1, 0.15) is 5.56 Å². The monoisotopic (exact) mass is 262 g/mol. The minimum atomic E-state index is -0.607. The summed E-state index contributed by atoms with van der Waals surface area (Å²) in [6.45, 7) is 3.35. The van der Waals surface area contributed by atoms with E-state index in [0.29, 0.717) is 13.1 Å². The Morgan fingerprint density at radius 1 is 1.71 bits per heavy atom. The molecule has 0 aliphatic heterocycles. The van der Waals surface area contributed by atoms with Crippen molar-refractivity contribution in [1.29, 1.82) is 0 Å². The Kier molecular flexibility index (Phi) is 7.53. The molecule has 0 radical (unpaired) electrons. The Labute approximate surface area is 107 Å². The van der Waals surface area contributed by atoms with Crippen molar-refractivity contribution in [3.05, 3.63) is 18.0 Å². The van der Waals surface area contributed by atoms with Crippen LogP contribution in [-0.2, 0) is 16.1 Å². The van der Waals surface area contributed by atoms with E-state index in [2.05, 4.69) is 10.4 Å². The van der Waals surface area contributed by atoms with E-state index in [1.807, 2.05) is 13.1 Å². The van der Waals surface area contributed by atoms with E-state index in [9.17, 15) is 4.79 Å². The number of nitrogens with zero attached hydrogens (tertiary/aromatic N) is 2. The first-order valence-electron chi connectivity index (χ1n) is 5.14. The summed E-state index contributed by atoms with van der Waals surface area (Å²) in [7, 11) is 1.51. The minimum absolute atomic E-state index is 0. The SMILES string of the molecule is COCC(N)C(=O)NCCn1cc(C)cn1.Cl. The summed E-state index contributed by atoms with van der Waals surface area (Å²) in [6.07, 6.45) is 3.69. The highest BCUT2D eigenvalue weighted by atomic mass is 35.5. The van der Waals surface area contributed by atoms with Crippen molar-refractivity contribution >= 4 is 18.3 Å². The van der Waals surface area contributed by atoms with E-state index in [1.54, 1.807) is 10.9 Å². The highest BCUT2D eigenvalue weighted by molar-refractivity contribution is 5.85. The molecular formula is C10H19ClN4O2. The quantitative estimate of drug-likeness (QED) is 0.738. The molecule has 0 saturated carbocycles. The lowest BCUT2D eigenvalue weighted by molar-refractivity contribution is -0.123. The number of nitrogens with two attached hydrogens (primary N) is 1. The topological polar surface area (TPSA) is 82.2 Å². The highest BCUT2D eigenvalue weighted by Gasteiger charge is 2.11. The van der Waals surface area contributed by atoms with Crippen LogP contribution in [0.25, 0.3) is 0 Å². The van der Waals surface area contributed by atoms with E-state index in [0.717, 1.165) is 5.56 Å². The van der Waals surface area contributed by atoms with Crippen LogP contribution in [0.2, 0.25) is 0 Å². The summed E-state index contributed by atoms with van der Waals surface area (Å²) < 4.78 is 6.56. The number of rotatable bonds is 6. The summed E-state index contributed by atoms with van der Waals surface area (Å²) in [6, 6.07) is -0.607. The third-order valence-electron chi connectivity index (χ3n) is 2.09. The van der Waals surface area contributed by atoms with Crippen LogP contribution in [0, 0.1) is 6.92 Å². The Bertz CT molecular complexity index is 343. The second-order valence-electron chi connectivity index (χ2n) is 3.63. The molecule has 7 heteroatoms. The maximum atomic E-state index is 11.4. The molecule has 3 N–H and O–H groups in total. The van der Waals surface area contributed by atoms with E-state index in [4.69, 9.17) is 10.5 Å². The number of ether oxygens (including phenoxy) is 1. The van der Waals surface area contributed by atoms with E-state index in [1.165, 1.54) is 7.11 Å². The molecule has 1 heterocycles. The molecule has 0 saturated heterocycles. The molecule has 0 aliphatic rings. The van der Waals surface area contributed by atoms with Gasteiger partial charge >= 0.3 is 0 Å². The summed E-state index contributed by atoms with van der Waals surface area (Å²) >= 11 is 0. The van der Waals surface area contributed by atoms with Crippen LogP contribution >= 0.6 is 12.4 Å². The second-order valence-corrected chi connectivity index (χ2v) is 3.63. The van der Waals surface area contributed by atoms with Crippen molar-refractivity contribution in [2.24, 2.45) is 5.73 Å². The van der Waals surface area contributed by atoms with Crippen molar-refractivity contribution < 1.29 is 9.53 Å². The molecular weight excluding hydrogens is 244 g/mol. The van der Waals surface area contributed by atoms with Crippen molar-refractivity contribution in [2.75, 3.05) is 20.3 Å². The van der Waals surface area contributed by atoms with Gasteiger partial charge in [0.15, 0.2) is 0 Å². The van der Waals surface area contributed by atoms with Gasteiger partial charge in [-0.05, 0) is 12.5 Å². The van der Waals surface area contributed by atoms with Gasteiger partial charge in [-0.25, -0.2) is 0 Å². The Morgan fingerprint density at radius 2 is 2.41 bits per heavy atom. The van der Waals surface area contributed by atoms with Crippen molar-refractivity contribution in [2.45, 2.75) is 19.5 Å². The largest absolute Gasteiger partial charge is 0.383 e. The molecule has 0 aliphatic carbocycles. The lowest BCUT2D eigenvalue weighted by atomic mass is 10.3. The van der Waals surface area contributed by atoms with Gasteiger partial charge in [0.2, 0.25) is 5.91 Å². The molecule has 1 aromatic rings. The lowest BCUT2D eigenvalue weighted by Gasteiger charge is -2.10. The fourth-order valence-corrected chi connectivity index (χ4v) is 1.27. The van der Waals surface area contributed by atoms with Gasteiger partial charge in [-0.15, -0.1) is 12.4 Å². The predicted octanol–water partition coefficient (Wildman–Crippen LogP) is -0.297. The third kappa shape index (κ3) is 5.67. The van der Waals surface area contributed by atoms with Gasteiger partial charge in [0.25, 0.3) is 0 Å². The maximum Gasteiger partial charge on any atom is 0.239 e. The minimum Gasteiger partial charge on any atom is -0.383 e. The van der Waals surface area contributed by atoms with Crippen LogP contribution < -0.4 is 11.1 Å². The van der Waals surface area contributed by atoms with Crippen LogP contribution in [-0.4, -0.2) is 42.0 Å². The Balaban J connectivity index is 0.00000256. The average molecular weight is 263 g/mol. The molecule has 6 nitrogen and oxygen atoms in total. The van der Waals surface area contributed by atoms with Gasteiger partial charge in [0, 0.05) is 19.9 Å². The fraction of sp³-hybridized carbons (Fsp3) is 0.600. The van der Waals surface area contributed by atoms with Gasteiger partial charge in [-0.3, -0.25) is 9.48 Å². The number of methoxy groups -OCH3 is 1. The number of hydrogen-bond acceptors (Lipinski definition) is 4. The molecule has 0 spiro atoms. The first kappa shape index (κ1) is 15.9.